The molecule has 0 aliphatic rings. The fraction of sp³-hybridized carbons (Fsp3) is 0.300. The molecule has 0 aliphatic heterocycles. The van der Waals surface area contributed by atoms with Crippen LogP contribution in [-0.2, 0) is 4.74 Å². The zero-order valence-electron chi connectivity index (χ0n) is 8.13. The van der Waals surface area contributed by atoms with Gasteiger partial charge in [0.1, 0.15) is 0 Å². The monoisotopic (exact) mass is 257 g/mol. The normalized spacial score (nSPS) is 9.64. The number of aryl methyl sites for hydroxylation is 1. The van der Waals surface area contributed by atoms with Gasteiger partial charge in [0.25, 0.3) is 0 Å². The van der Waals surface area contributed by atoms with Gasteiger partial charge < -0.3 is 4.74 Å². The third kappa shape index (κ3) is 3.03. The minimum Gasteiger partial charge on any atom is -0.450 e. The Morgan fingerprint density at radius 2 is 2.29 bits per heavy atom. The summed E-state index contributed by atoms with van der Waals surface area (Å²) in [6.45, 7) is 4.07. The maximum absolute atomic E-state index is 11.1. The van der Waals surface area contributed by atoms with E-state index in [-0.39, 0.29) is 0 Å². The molecule has 0 saturated heterocycles. The standard InChI is InChI=1S/C10H12BrNO2/c1-3-14-10(13)12-9-6-8(11)5-4-7(9)2/h4-6H,3H2,1-2H3,(H,12,13). The summed E-state index contributed by atoms with van der Waals surface area (Å²) >= 11 is 3.33. The first-order valence-corrected chi connectivity index (χ1v) is 5.12. The molecule has 0 aromatic heterocycles. The minimum absolute atomic E-state index is 0.374. The molecule has 0 heterocycles. The van der Waals surface area contributed by atoms with E-state index in [0.29, 0.717) is 6.61 Å². The summed E-state index contributed by atoms with van der Waals surface area (Å²) in [4.78, 5) is 11.1. The molecule has 0 bridgehead atoms. The number of anilines is 1. The van der Waals surface area contributed by atoms with Crippen LogP contribution in [0.5, 0.6) is 0 Å². The van der Waals surface area contributed by atoms with Crippen molar-refractivity contribution >= 4 is 27.7 Å². The largest absolute Gasteiger partial charge is 0.450 e. The van der Waals surface area contributed by atoms with E-state index in [1.807, 2.05) is 25.1 Å². The molecule has 0 unspecified atom stereocenters. The van der Waals surface area contributed by atoms with Crippen molar-refractivity contribution in [1.82, 2.24) is 0 Å². The number of benzene rings is 1. The van der Waals surface area contributed by atoms with E-state index < -0.39 is 6.09 Å². The van der Waals surface area contributed by atoms with Gasteiger partial charge in [0.15, 0.2) is 0 Å². The number of amides is 1. The number of rotatable bonds is 2. The van der Waals surface area contributed by atoms with Gasteiger partial charge in [-0.05, 0) is 31.5 Å². The Kier molecular flexibility index (Phi) is 3.95. The average molecular weight is 258 g/mol. The van der Waals surface area contributed by atoms with E-state index in [4.69, 9.17) is 4.74 Å². The summed E-state index contributed by atoms with van der Waals surface area (Å²) in [7, 11) is 0. The molecule has 1 aromatic carbocycles. The van der Waals surface area contributed by atoms with Gasteiger partial charge in [-0.3, -0.25) is 5.32 Å². The van der Waals surface area contributed by atoms with Crippen molar-refractivity contribution in [2.75, 3.05) is 11.9 Å². The minimum atomic E-state index is -0.422. The van der Waals surface area contributed by atoms with Gasteiger partial charge in [0.05, 0.1) is 6.61 Å². The molecule has 0 atom stereocenters. The van der Waals surface area contributed by atoms with Crippen LogP contribution in [0, 0.1) is 6.92 Å². The molecular formula is C10H12BrNO2. The molecule has 76 valence electrons. The van der Waals surface area contributed by atoms with Crippen LogP contribution in [0.2, 0.25) is 0 Å². The van der Waals surface area contributed by atoms with Crippen molar-refractivity contribution in [2.24, 2.45) is 0 Å². The fourth-order valence-corrected chi connectivity index (χ4v) is 1.37. The highest BCUT2D eigenvalue weighted by atomic mass is 79.9. The number of carbonyl (C=O) groups is 1. The summed E-state index contributed by atoms with van der Waals surface area (Å²) in [5, 5.41) is 2.66. The lowest BCUT2D eigenvalue weighted by molar-refractivity contribution is 0.168. The maximum Gasteiger partial charge on any atom is 0.411 e. The Morgan fingerprint density at radius 1 is 1.57 bits per heavy atom. The Morgan fingerprint density at radius 3 is 2.93 bits per heavy atom. The number of carbonyl (C=O) groups excluding carboxylic acids is 1. The third-order valence-corrected chi connectivity index (χ3v) is 2.21. The molecule has 1 aromatic rings. The van der Waals surface area contributed by atoms with Crippen LogP contribution in [0.3, 0.4) is 0 Å². The summed E-state index contributed by atoms with van der Waals surface area (Å²) in [5.41, 5.74) is 1.76. The summed E-state index contributed by atoms with van der Waals surface area (Å²) in [6.07, 6.45) is -0.422. The molecule has 4 heteroatoms. The van der Waals surface area contributed by atoms with Crippen molar-refractivity contribution in [2.45, 2.75) is 13.8 Å². The number of hydrogen-bond acceptors (Lipinski definition) is 2. The molecule has 0 saturated carbocycles. The first-order chi connectivity index (χ1) is 6.63. The molecule has 1 rings (SSSR count). The molecule has 0 fully saturated rings. The predicted octanol–water partition coefficient (Wildman–Crippen LogP) is 3.33. The predicted molar refractivity (Wildman–Crippen MR) is 59.5 cm³/mol. The molecular weight excluding hydrogens is 246 g/mol. The number of ether oxygens (including phenoxy) is 1. The lowest BCUT2D eigenvalue weighted by Crippen LogP contribution is -2.13. The van der Waals surface area contributed by atoms with Gasteiger partial charge in [-0.2, -0.15) is 0 Å². The topological polar surface area (TPSA) is 38.3 Å². The van der Waals surface area contributed by atoms with Crippen LogP contribution in [-0.4, -0.2) is 12.7 Å². The van der Waals surface area contributed by atoms with Crippen LogP contribution in [0.25, 0.3) is 0 Å². The van der Waals surface area contributed by atoms with Crippen molar-refractivity contribution < 1.29 is 9.53 Å². The van der Waals surface area contributed by atoms with E-state index in [1.54, 1.807) is 6.92 Å². The molecule has 1 amide bonds. The van der Waals surface area contributed by atoms with E-state index >= 15 is 0 Å². The molecule has 1 N–H and O–H groups in total. The first-order valence-electron chi connectivity index (χ1n) is 4.33. The van der Waals surface area contributed by atoms with Crippen molar-refractivity contribution in [3.05, 3.63) is 28.2 Å². The Hall–Kier alpha value is -1.03. The van der Waals surface area contributed by atoms with Crippen LogP contribution >= 0.6 is 15.9 Å². The Bertz CT molecular complexity index is 339. The second-order valence-electron chi connectivity index (χ2n) is 2.80. The number of halogens is 1. The lowest BCUT2D eigenvalue weighted by atomic mass is 10.2. The van der Waals surface area contributed by atoms with E-state index in [2.05, 4.69) is 21.2 Å². The van der Waals surface area contributed by atoms with E-state index in [9.17, 15) is 4.79 Å². The van der Waals surface area contributed by atoms with E-state index in [0.717, 1.165) is 15.7 Å². The van der Waals surface area contributed by atoms with Crippen molar-refractivity contribution in [3.8, 4) is 0 Å². The highest BCUT2D eigenvalue weighted by Gasteiger charge is 2.04. The second kappa shape index (κ2) is 5.00. The Labute approximate surface area is 91.6 Å². The average Bonchev–Trinajstić information content (AvgIpc) is 2.12. The zero-order valence-corrected chi connectivity index (χ0v) is 9.72. The smallest absolute Gasteiger partial charge is 0.411 e. The quantitative estimate of drug-likeness (QED) is 0.883. The van der Waals surface area contributed by atoms with Crippen LogP contribution < -0.4 is 5.32 Å². The van der Waals surface area contributed by atoms with E-state index in [1.165, 1.54) is 0 Å². The van der Waals surface area contributed by atoms with Gasteiger partial charge >= 0.3 is 6.09 Å². The SMILES string of the molecule is CCOC(=O)Nc1cc(Br)ccc1C. The molecule has 0 radical (unpaired) electrons. The Balaban J connectivity index is 2.75. The lowest BCUT2D eigenvalue weighted by Gasteiger charge is -2.08. The second-order valence-corrected chi connectivity index (χ2v) is 3.72. The summed E-state index contributed by atoms with van der Waals surface area (Å²) in [6, 6.07) is 5.68. The van der Waals surface area contributed by atoms with Gasteiger partial charge in [0.2, 0.25) is 0 Å². The van der Waals surface area contributed by atoms with Crippen LogP contribution in [0.4, 0.5) is 10.5 Å². The summed E-state index contributed by atoms with van der Waals surface area (Å²) in [5.74, 6) is 0. The maximum atomic E-state index is 11.1. The molecule has 0 spiro atoms. The molecule has 14 heavy (non-hydrogen) atoms. The molecule has 3 nitrogen and oxygen atoms in total. The van der Waals surface area contributed by atoms with Gasteiger partial charge in [-0.15, -0.1) is 0 Å². The van der Waals surface area contributed by atoms with Gasteiger partial charge in [-0.25, -0.2) is 4.79 Å². The van der Waals surface area contributed by atoms with Crippen LogP contribution in [0.1, 0.15) is 12.5 Å². The third-order valence-electron chi connectivity index (χ3n) is 1.71. The highest BCUT2D eigenvalue weighted by molar-refractivity contribution is 9.10. The number of nitrogens with one attached hydrogen (secondary N) is 1. The van der Waals surface area contributed by atoms with Crippen molar-refractivity contribution in [1.29, 1.82) is 0 Å². The molecule has 0 aliphatic carbocycles. The summed E-state index contributed by atoms with van der Waals surface area (Å²) < 4.78 is 5.70. The van der Waals surface area contributed by atoms with Crippen molar-refractivity contribution in [3.63, 3.8) is 0 Å². The first kappa shape index (κ1) is 11.0. The number of hydrogen-bond donors (Lipinski definition) is 1. The van der Waals surface area contributed by atoms with Gasteiger partial charge in [-0.1, -0.05) is 22.0 Å². The van der Waals surface area contributed by atoms with Gasteiger partial charge in [0, 0.05) is 10.2 Å². The highest BCUT2D eigenvalue weighted by Crippen LogP contribution is 2.20. The zero-order chi connectivity index (χ0) is 10.6. The van der Waals surface area contributed by atoms with Crippen LogP contribution in [0.15, 0.2) is 22.7 Å². The fourth-order valence-electron chi connectivity index (χ4n) is 1.01.